The first-order chi connectivity index (χ1) is 8.84. The SMILES string of the molecule is CCCC(N)C(O)CCc1ccc(S(C)(=O)=O)cc1. The Morgan fingerprint density at radius 1 is 1.21 bits per heavy atom. The molecule has 1 aromatic carbocycles. The van der Waals surface area contributed by atoms with E-state index in [1.54, 1.807) is 24.3 Å². The minimum atomic E-state index is -3.14. The van der Waals surface area contributed by atoms with E-state index in [1.807, 2.05) is 6.92 Å². The fourth-order valence-electron chi connectivity index (χ4n) is 1.96. The van der Waals surface area contributed by atoms with E-state index in [-0.39, 0.29) is 6.04 Å². The van der Waals surface area contributed by atoms with Crippen LogP contribution in [-0.4, -0.2) is 31.9 Å². The van der Waals surface area contributed by atoms with Crippen LogP contribution in [0.15, 0.2) is 29.2 Å². The predicted octanol–water partition coefficient (Wildman–Crippen LogP) is 1.51. The molecule has 1 rings (SSSR count). The Hall–Kier alpha value is -0.910. The van der Waals surface area contributed by atoms with Crippen molar-refractivity contribution < 1.29 is 13.5 Å². The van der Waals surface area contributed by atoms with Gasteiger partial charge in [-0.3, -0.25) is 0 Å². The zero-order valence-corrected chi connectivity index (χ0v) is 12.4. The van der Waals surface area contributed by atoms with Gasteiger partial charge in [0, 0.05) is 12.3 Å². The standard InChI is InChI=1S/C14H23NO3S/c1-3-4-13(15)14(16)10-7-11-5-8-12(9-6-11)19(2,17)18/h5-6,8-9,13-14,16H,3-4,7,10,15H2,1-2H3. The number of aryl methyl sites for hydroxylation is 1. The van der Waals surface area contributed by atoms with Crippen molar-refractivity contribution in [1.29, 1.82) is 0 Å². The van der Waals surface area contributed by atoms with Gasteiger partial charge in [0.2, 0.25) is 0 Å². The highest BCUT2D eigenvalue weighted by molar-refractivity contribution is 7.90. The smallest absolute Gasteiger partial charge is 0.175 e. The summed E-state index contributed by atoms with van der Waals surface area (Å²) in [5.41, 5.74) is 6.85. The minimum absolute atomic E-state index is 0.180. The van der Waals surface area contributed by atoms with Crippen molar-refractivity contribution >= 4 is 9.84 Å². The van der Waals surface area contributed by atoms with Gasteiger partial charge in [-0.1, -0.05) is 25.5 Å². The monoisotopic (exact) mass is 285 g/mol. The maximum atomic E-state index is 11.3. The van der Waals surface area contributed by atoms with Gasteiger partial charge in [0.05, 0.1) is 11.0 Å². The highest BCUT2D eigenvalue weighted by Gasteiger charge is 2.13. The van der Waals surface area contributed by atoms with Crippen LogP contribution in [0.1, 0.15) is 31.7 Å². The van der Waals surface area contributed by atoms with Gasteiger partial charge in [-0.15, -0.1) is 0 Å². The van der Waals surface area contributed by atoms with Crippen LogP contribution in [0, 0.1) is 0 Å². The predicted molar refractivity (Wildman–Crippen MR) is 76.8 cm³/mol. The maximum absolute atomic E-state index is 11.3. The Bertz CT molecular complexity index is 482. The van der Waals surface area contributed by atoms with Crippen molar-refractivity contribution in [3.8, 4) is 0 Å². The highest BCUT2D eigenvalue weighted by Crippen LogP contribution is 2.13. The quantitative estimate of drug-likeness (QED) is 0.796. The second-order valence-electron chi connectivity index (χ2n) is 4.97. The van der Waals surface area contributed by atoms with Crippen LogP contribution in [0.25, 0.3) is 0 Å². The lowest BCUT2D eigenvalue weighted by Gasteiger charge is -2.18. The largest absolute Gasteiger partial charge is 0.392 e. The average molecular weight is 285 g/mol. The summed E-state index contributed by atoms with van der Waals surface area (Å²) in [4.78, 5) is 0.319. The Morgan fingerprint density at radius 2 is 1.79 bits per heavy atom. The Kier molecular flexibility index (Phi) is 5.97. The van der Waals surface area contributed by atoms with E-state index in [2.05, 4.69) is 0 Å². The summed E-state index contributed by atoms with van der Waals surface area (Å²) in [7, 11) is -3.14. The maximum Gasteiger partial charge on any atom is 0.175 e. The van der Waals surface area contributed by atoms with Gasteiger partial charge in [-0.2, -0.15) is 0 Å². The molecule has 0 spiro atoms. The third-order valence-electron chi connectivity index (χ3n) is 3.20. The lowest BCUT2D eigenvalue weighted by atomic mass is 10.00. The van der Waals surface area contributed by atoms with E-state index in [4.69, 9.17) is 5.73 Å². The number of aliphatic hydroxyl groups is 1. The van der Waals surface area contributed by atoms with Gasteiger partial charge < -0.3 is 10.8 Å². The van der Waals surface area contributed by atoms with Gasteiger partial charge in [0.1, 0.15) is 0 Å². The Morgan fingerprint density at radius 3 is 2.26 bits per heavy atom. The van der Waals surface area contributed by atoms with Gasteiger partial charge in [0.25, 0.3) is 0 Å². The van der Waals surface area contributed by atoms with Crippen molar-refractivity contribution in [2.45, 2.75) is 49.6 Å². The van der Waals surface area contributed by atoms with Crippen LogP contribution >= 0.6 is 0 Å². The molecule has 0 heterocycles. The van der Waals surface area contributed by atoms with Crippen molar-refractivity contribution in [3.05, 3.63) is 29.8 Å². The third-order valence-corrected chi connectivity index (χ3v) is 4.32. The summed E-state index contributed by atoms with van der Waals surface area (Å²) in [6.07, 6.45) is 3.75. The van der Waals surface area contributed by atoms with E-state index in [1.165, 1.54) is 6.26 Å². The third kappa shape index (κ3) is 5.30. The van der Waals surface area contributed by atoms with Crippen molar-refractivity contribution in [2.75, 3.05) is 6.26 Å². The molecule has 0 aromatic heterocycles. The molecule has 3 N–H and O–H groups in total. The van der Waals surface area contributed by atoms with Crippen molar-refractivity contribution in [2.24, 2.45) is 5.73 Å². The van der Waals surface area contributed by atoms with Gasteiger partial charge in [-0.25, -0.2) is 8.42 Å². The molecule has 2 atom stereocenters. The molecule has 5 heteroatoms. The molecule has 0 aliphatic carbocycles. The number of aliphatic hydroxyl groups excluding tert-OH is 1. The van der Waals surface area contributed by atoms with E-state index >= 15 is 0 Å². The molecule has 0 aliphatic rings. The summed E-state index contributed by atoms with van der Waals surface area (Å²) in [6, 6.07) is 6.59. The molecular weight excluding hydrogens is 262 g/mol. The zero-order valence-electron chi connectivity index (χ0n) is 11.5. The second-order valence-corrected chi connectivity index (χ2v) is 6.99. The molecule has 1 aromatic rings. The molecule has 0 aliphatic heterocycles. The van der Waals surface area contributed by atoms with Crippen molar-refractivity contribution in [1.82, 2.24) is 0 Å². The zero-order chi connectivity index (χ0) is 14.5. The molecule has 2 unspecified atom stereocenters. The summed E-state index contributed by atoms with van der Waals surface area (Å²) in [6.45, 7) is 2.04. The summed E-state index contributed by atoms with van der Waals surface area (Å²) in [5.74, 6) is 0. The van der Waals surface area contributed by atoms with E-state index in [9.17, 15) is 13.5 Å². The van der Waals surface area contributed by atoms with Crippen LogP contribution in [0.5, 0.6) is 0 Å². The average Bonchev–Trinajstić information content (AvgIpc) is 2.35. The molecular formula is C14H23NO3S. The molecule has 0 radical (unpaired) electrons. The second kappa shape index (κ2) is 7.03. The first-order valence-electron chi connectivity index (χ1n) is 6.57. The minimum Gasteiger partial charge on any atom is -0.392 e. The first-order valence-corrected chi connectivity index (χ1v) is 8.46. The molecule has 0 fully saturated rings. The number of sulfone groups is 1. The van der Waals surface area contributed by atoms with Crippen molar-refractivity contribution in [3.63, 3.8) is 0 Å². The van der Waals surface area contributed by atoms with E-state index in [0.29, 0.717) is 17.7 Å². The number of nitrogens with two attached hydrogens (primary N) is 1. The number of hydrogen-bond donors (Lipinski definition) is 2. The molecule has 19 heavy (non-hydrogen) atoms. The molecule has 0 saturated heterocycles. The molecule has 0 amide bonds. The van der Waals surface area contributed by atoms with Gasteiger partial charge in [0.15, 0.2) is 9.84 Å². The van der Waals surface area contributed by atoms with Gasteiger partial charge in [-0.05, 0) is 37.0 Å². The Balaban J connectivity index is 2.55. The van der Waals surface area contributed by atoms with Crippen LogP contribution in [0.2, 0.25) is 0 Å². The molecule has 4 nitrogen and oxygen atoms in total. The summed E-state index contributed by atoms with van der Waals surface area (Å²) < 4.78 is 22.6. The van der Waals surface area contributed by atoms with Crippen LogP contribution < -0.4 is 5.73 Å². The fraction of sp³-hybridized carbons (Fsp3) is 0.571. The number of hydrogen-bond acceptors (Lipinski definition) is 4. The lowest BCUT2D eigenvalue weighted by Crippen LogP contribution is -2.34. The molecule has 0 saturated carbocycles. The first kappa shape index (κ1) is 16.1. The fourth-order valence-corrected chi connectivity index (χ4v) is 2.59. The molecule has 108 valence electrons. The topological polar surface area (TPSA) is 80.4 Å². The number of benzene rings is 1. The van der Waals surface area contributed by atoms with E-state index in [0.717, 1.165) is 18.4 Å². The van der Waals surface area contributed by atoms with Gasteiger partial charge >= 0.3 is 0 Å². The van der Waals surface area contributed by atoms with Crippen LogP contribution in [-0.2, 0) is 16.3 Å². The Labute approximate surface area is 115 Å². The van der Waals surface area contributed by atoms with Crippen LogP contribution in [0.3, 0.4) is 0 Å². The lowest BCUT2D eigenvalue weighted by molar-refractivity contribution is 0.131. The number of rotatable bonds is 7. The summed E-state index contributed by atoms with van der Waals surface area (Å²) >= 11 is 0. The summed E-state index contributed by atoms with van der Waals surface area (Å²) in [5, 5.41) is 9.87. The normalized spacial score (nSPS) is 15.2. The van der Waals surface area contributed by atoms with Crippen LogP contribution in [0.4, 0.5) is 0 Å². The van der Waals surface area contributed by atoms with E-state index < -0.39 is 15.9 Å². The molecule has 0 bridgehead atoms. The highest BCUT2D eigenvalue weighted by atomic mass is 32.2.